The predicted octanol–water partition coefficient (Wildman–Crippen LogP) is 0.652. The van der Waals surface area contributed by atoms with Gasteiger partial charge in [-0.15, -0.1) is 0 Å². The van der Waals surface area contributed by atoms with E-state index < -0.39 is 10.2 Å². The number of alkyl halides is 1. The van der Waals surface area contributed by atoms with Gasteiger partial charge in [-0.3, -0.25) is 0 Å². The summed E-state index contributed by atoms with van der Waals surface area (Å²) in [5, 5.41) is 0.691. The summed E-state index contributed by atoms with van der Waals surface area (Å²) in [6.45, 7) is 0.561. The highest BCUT2D eigenvalue weighted by molar-refractivity contribution is 9.09. The van der Waals surface area contributed by atoms with Crippen molar-refractivity contribution in [1.29, 1.82) is 0 Å². The van der Waals surface area contributed by atoms with Crippen LogP contribution in [0, 0.1) is 0 Å². The van der Waals surface area contributed by atoms with E-state index in [1.165, 1.54) is 4.31 Å². The van der Waals surface area contributed by atoms with Crippen molar-refractivity contribution in [3.05, 3.63) is 0 Å². The fourth-order valence-corrected chi connectivity index (χ4v) is 3.09. The molecule has 0 heterocycles. The van der Waals surface area contributed by atoms with Gasteiger partial charge in [-0.2, -0.15) is 17.0 Å². The van der Waals surface area contributed by atoms with Gasteiger partial charge in [0.25, 0.3) is 10.2 Å². The summed E-state index contributed by atoms with van der Waals surface area (Å²) < 4.78 is 26.3. The SMILES string of the molecule is CN(C)S(=O)(=O)N(CCBr)C1CC1. The van der Waals surface area contributed by atoms with E-state index in [0.717, 1.165) is 12.8 Å². The topological polar surface area (TPSA) is 40.6 Å². The number of hydrogen-bond acceptors (Lipinski definition) is 2. The zero-order valence-electron chi connectivity index (χ0n) is 7.90. The van der Waals surface area contributed by atoms with E-state index in [-0.39, 0.29) is 6.04 Å². The van der Waals surface area contributed by atoms with E-state index >= 15 is 0 Å². The van der Waals surface area contributed by atoms with Crippen molar-refractivity contribution in [3.8, 4) is 0 Å². The third kappa shape index (κ3) is 2.65. The number of nitrogens with zero attached hydrogens (tertiary/aromatic N) is 2. The first-order valence-electron chi connectivity index (χ1n) is 4.25. The lowest BCUT2D eigenvalue weighted by Crippen LogP contribution is -2.42. The molecule has 1 aliphatic carbocycles. The lowest BCUT2D eigenvalue weighted by atomic mass is 10.6. The fraction of sp³-hybridized carbons (Fsp3) is 1.00. The monoisotopic (exact) mass is 270 g/mol. The van der Waals surface area contributed by atoms with E-state index in [9.17, 15) is 8.42 Å². The Morgan fingerprint density at radius 2 is 1.92 bits per heavy atom. The largest absolute Gasteiger partial charge is 0.281 e. The molecule has 0 atom stereocenters. The number of rotatable bonds is 5. The van der Waals surface area contributed by atoms with Crippen LogP contribution in [-0.4, -0.2) is 49.0 Å². The van der Waals surface area contributed by atoms with Gasteiger partial charge in [0, 0.05) is 32.0 Å². The molecule has 0 aromatic rings. The molecule has 78 valence electrons. The first kappa shape index (κ1) is 11.4. The number of hydrogen-bond donors (Lipinski definition) is 0. The molecule has 0 unspecified atom stereocenters. The Labute approximate surface area is 88.2 Å². The summed E-state index contributed by atoms with van der Waals surface area (Å²) in [7, 11) is -0.0644. The Kier molecular flexibility index (Phi) is 3.73. The van der Waals surface area contributed by atoms with E-state index in [4.69, 9.17) is 0 Å². The molecule has 1 fully saturated rings. The highest BCUT2D eigenvalue weighted by Gasteiger charge is 2.37. The molecule has 0 saturated heterocycles. The summed E-state index contributed by atoms with van der Waals surface area (Å²) in [6.07, 6.45) is 2.00. The van der Waals surface area contributed by atoms with Crippen LogP contribution in [0.2, 0.25) is 0 Å². The van der Waals surface area contributed by atoms with Crippen LogP contribution in [0.15, 0.2) is 0 Å². The lowest BCUT2D eigenvalue weighted by Gasteiger charge is -2.24. The minimum atomic E-state index is -3.20. The van der Waals surface area contributed by atoms with Gasteiger partial charge in [-0.25, -0.2) is 0 Å². The maximum Gasteiger partial charge on any atom is 0.281 e. The Morgan fingerprint density at radius 1 is 1.38 bits per heavy atom. The molecule has 0 aromatic carbocycles. The Hall–Kier alpha value is 0.350. The second-order valence-corrected chi connectivity index (χ2v) is 6.21. The van der Waals surface area contributed by atoms with Crippen molar-refractivity contribution in [2.24, 2.45) is 0 Å². The molecule has 4 nitrogen and oxygen atoms in total. The summed E-state index contributed by atoms with van der Waals surface area (Å²) in [5.74, 6) is 0. The molecule has 0 N–H and O–H groups in total. The lowest BCUT2D eigenvalue weighted by molar-refractivity contribution is 0.383. The van der Waals surface area contributed by atoms with Crippen molar-refractivity contribution in [2.45, 2.75) is 18.9 Å². The molecule has 1 saturated carbocycles. The van der Waals surface area contributed by atoms with E-state index in [1.807, 2.05) is 0 Å². The maximum absolute atomic E-state index is 11.7. The quantitative estimate of drug-likeness (QED) is 0.689. The zero-order chi connectivity index (χ0) is 10.1. The van der Waals surface area contributed by atoms with Crippen LogP contribution < -0.4 is 0 Å². The normalized spacial score (nSPS) is 18.5. The molecule has 6 heteroatoms. The van der Waals surface area contributed by atoms with Crippen molar-refractivity contribution in [1.82, 2.24) is 8.61 Å². The highest BCUT2D eigenvalue weighted by Crippen LogP contribution is 2.29. The summed E-state index contributed by atoms with van der Waals surface area (Å²) in [4.78, 5) is 0. The zero-order valence-corrected chi connectivity index (χ0v) is 10.3. The van der Waals surface area contributed by atoms with Crippen LogP contribution in [0.4, 0.5) is 0 Å². The van der Waals surface area contributed by atoms with Crippen molar-refractivity contribution >= 4 is 26.1 Å². The van der Waals surface area contributed by atoms with Gasteiger partial charge < -0.3 is 0 Å². The average molecular weight is 271 g/mol. The molecule has 0 spiro atoms. The smallest absolute Gasteiger partial charge is 0.195 e. The van der Waals surface area contributed by atoms with Gasteiger partial charge in [-0.05, 0) is 12.8 Å². The Balaban J connectivity index is 2.73. The molecule has 0 aromatic heterocycles. The van der Waals surface area contributed by atoms with Crippen LogP contribution in [0.25, 0.3) is 0 Å². The standard InChI is InChI=1S/C7H15BrN2O2S/c1-9(2)13(11,12)10(6-5-8)7-3-4-7/h7H,3-6H2,1-2H3. The van der Waals surface area contributed by atoms with Crippen LogP contribution in [0.3, 0.4) is 0 Å². The van der Waals surface area contributed by atoms with Gasteiger partial charge in [0.15, 0.2) is 0 Å². The molecular formula is C7H15BrN2O2S. The first-order valence-corrected chi connectivity index (χ1v) is 6.77. The van der Waals surface area contributed by atoms with E-state index in [1.54, 1.807) is 18.4 Å². The van der Waals surface area contributed by atoms with Gasteiger partial charge in [-0.1, -0.05) is 15.9 Å². The average Bonchev–Trinajstić information content (AvgIpc) is 2.82. The van der Waals surface area contributed by atoms with E-state index in [2.05, 4.69) is 15.9 Å². The molecule has 1 rings (SSSR count). The van der Waals surface area contributed by atoms with Crippen molar-refractivity contribution in [3.63, 3.8) is 0 Å². The maximum atomic E-state index is 11.7. The van der Waals surface area contributed by atoms with E-state index in [0.29, 0.717) is 11.9 Å². The summed E-state index contributed by atoms with van der Waals surface area (Å²) in [6, 6.07) is 0.241. The Morgan fingerprint density at radius 3 is 2.23 bits per heavy atom. The van der Waals surface area contributed by atoms with Crippen LogP contribution in [0.5, 0.6) is 0 Å². The van der Waals surface area contributed by atoms with Gasteiger partial charge in [0.1, 0.15) is 0 Å². The van der Waals surface area contributed by atoms with Crippen molar-refractivity contribution < 1.29 is 8.42 Å². The second kappa shape index (κ2) is 4.25. The van der Waals surface area contributed by atoms with Gasteiger partial charge >= 0.3 is 0 Å². The van der Waals surface area contributed by atoms with Crippen molar-refractivity contribution in [2.75, 3.05) is 26.0 Å². The molecule has 1 aliphatic rings. The predicted molar refractivity (Wildman–Crippen MR) is 56.1 cm³/mol. The summed E-state index contributed by atoms with van der Waals surface area (Å²) >= 11 is 3.26. The first-order chi connectivity index (χ1) is 6.00. The van der Waals surface area contributed by atoms with Gasteiger partial charge in [0.05, 0.1) is 0 Å². The molecule has 0 bridgehead atoms. The molecule has 0 amide bonds. The fourth-order valence-electron chi connectivity index (χ4n) is 1.14. The molecule has 0 radical (unpaired) electrons. The van der Waals surface area contributed by atoms with Crippen LogP contribution in [0.1, 0.15) is 12.8 Å². The minimum Gasteiger partial charge on any atom is -0.195 e. The third-order valence-electron chi connectivity index (χ3n) is 2.02. The van der Waals surface area contributed by atoms with Gasteiger partial charge in [0.2, 0.25) is 0 Å². The minimum absolute atomic E-state index is 0.241. The molecule has 0 aliphatic heterocycles. The molecule has 13 heavy (non-hydrogen) atoms. The number of halogens is 1. The second-order valence-electron chi connectivity index (χ2n) is 3.32. The van der Waals surface area contributed by atoms with Crippen LogP contribution >= 0.6 is 15.9 Å². The summed E-state index contributed by atoms with van der Waals surface area (Å²) in [5.41, 5.74) is 0. The van der Waals surface area contributed by atoms with Crippen LogP contribution in [-0.2, 0) is 10.2 Å². The molecular weight excluding hydrogens is 256 g/mol. The highest BCUT2D eigenvalue weighted by atomic mass is 79.9. The Bertz CT molecular complexity index is 262. The third-order valence-corrected chi connectivity index (χ3v) is 4.37.